The Hall–Kier alpha value is -2.88. The van der Waals surface area contributed by atoms with Crippen molar-refractivity contribution >= 4 is 39.4 Å². The van der Waals surface area contributed by atoms with E-state index in [1.54, 1.807) is 0 Å². The van der Waals surface area contributed by atoms with Gasteiger partial charge in [-0.2, -0.15) is 0 Å². The number of hydrogen-bond donors (Lipinski definition) is 4. The van der Waals surface area contributed by atoms with Crippen LogP contribution in [0.4, 0.5) is 0 Å². The molecule has 0 bridgehead atoms. The average Bonchev–Trinajstić information content (AvgIpc) is 3.23. The van der Waals surface area contributed by atoms with Gasteiger partial charge in [0.15, 0.2) is 10.7 Å². The van der Waals surface area contributed by atoms with Gasteiger partial charge in [0, 0.05) is 22.7 Å². The zero-order valence-corrected chi connectivity index (χ0v) is 13.8. The maximum Gasteiger partial charge on any atom is 0.323 e. The molecule has 1 aromatic carbocycles. The van der Waals surface area contributed by atoms with E-state index in [-0.39, 0.29) is 17.7 Å². The number of rotatable bonds is 6. The molecular weight excluding hydrogens is 350 g/mol. The molecule has 10 heteroatoms. The first-order valence-corrected chi connectivity index (χ1v) is 8.53. The monoisotopic (exact) mass is 365 g/mol. The number of aromatic nitrogens is 1. The van der Waals surface area contributed by atoms with Crippen LogP contribution >= 0.6 is 0 Å². The molecule has 2 aromatic rings. The number of carbonyl (C=O) groups excluding carboxylic acids is 2. The van der Waals surface area contributed by atoms with Crippen molar-refractivity contribution in [3.05, 3.63) is 35.5 Å². The molecule has 0 saturated heterocycles. The summed E-state index contributed by atoms with van der Waals surface area (Å²) in [5.41, 5.74) is 6.00. The van der Waals surface area contributed by atoms with E-state index in [1.807, 2.05) is 0 Å². The lowest BCUT2D eigenvalue weighted by molar-refractivity contribution is -0.137. The van der Waals surface area contributed by atoms with Crippen molar-refractivity contribution in [1.29, 1.82) is 0 Å². The second kappa shape index (κ2) is 5.88. The van der Waals surface area contributed by atoms with E-state index >= 15 is 0 Å². The Bertz CT molecular complexity index is 979. The van der Waals surface area contributed by atoms with E-state index in [0.717, 1.165) is 0 Å². The molecule has 4 N–H and O–H groups in total. The Morgan fingerprint density at radius 3 is 2.48 bits per heavy atom. The number of nitrogens with two attached hydrogens (primary N) is 1. The Morgan fingerprint density at radius 2 is 1.96 bits per heavy atom. The first-order chi connectivity index (χ1) is 11.7. The second-order valence-electron chi connectivity index (χ2n) is 5.90. The van der Waals surface area contributed by atoms with E-state index in [9.17, 15) is 22.8 Å². The third-order valence-corrected chi connectivity index (χ3v) is 5.39. The maximum absolute atomic E-state index is 12.3. The fraction of sp³-hybridized carbons (Fsp3) is 0.267. The van der Waals surface area contributed by atoms with Crippen LogP contribution in [-0.2, 0) is 22.0 Å². The highest BCUT2D eigenvalue weighted by Gasteiger charge is 2.48. The van der Waals surface area contributed by atoms with Gasteiger partial charge >= 0.3 is 5.97 Å². The van der Waals surface area contributed by atoms with Gasteiger partial charge in [-0.3, -0.25) is 14.4 Å². The predicted octanol–water partition coefficient (Wildman–Crippen LogP) is -0.344. The molecule has 1 aliphatic rings. The quantitative estimate of drug-likeness (QED) is 0.515. The van der Waals surface area contributed by atoms with Gasteiger partial charge in [0.25, 0.3) is 11.8 Å². The molecule has 1 heterocycles. The van der Waals surface area contributed by atoms with Crippen molar-refractivity contribution in [3.8, 4) is 0 Å². The summed E-state index contributed by atoms with van der Waals surface area (Å²) in [6, 6.07) is 4.34. The highest BCUT2D eigenvalue weighted by Crippen LogP contribution is 2.36. The van der Waals surface area contributed by atoms with E-state index in [1.165, 1.54) is 29.0 Å². The minimum Gasteiger partial charge on any atom is -0.480 e. The molecule has 1 saturated carbocycles. The smallest absolute Gasteiger partial charge is 0.323 e. The summed E-state index contributed by atoms with van der Waals surface area (Å²) in [7, 11) is -2.79. The molecule has 1 fully saturated rings. The topological polar surface area (TPSA) is 149 Å². The molecule has 1 aliphatic carbocycles. The van der Waals surface area contributed by atoms with E-state index in [4.69, 9.17) is 10.8 Å². The number of amides is 2. The molecule has 0 atom stereocenters. The molecule has 0 unspecified atom stereocenters. The summed E-state index contributed by atoms with van der Waals surface area (Å²) in [5, 5.41) is 11.8. The van der Waals surface area contributed by atoms with Crippen LogP contribution in [0.2, 0.25) is 0 Å². The van der Waals surface area contributed by atoms with Crippen molar-refractivity contribution < 1.29 is 27.9 Å². The van der Waals surface area contributed by atoms with Crippen LogP contribution < -0.4 is 11.1 Å². The van der Waals surface area contributed by atoms with Gasteiger partial charge < -0.3 is 20.7 Å². The SMILES string of the molecule is NC(=O)c1cn(CC(=O)O)c2ccc(C(=O)NC3([SH](=O)=O)CC3)cc12. The van der Waals surface area contributed by atoms with Gasteiger partial charge in [-0.1, -0.05) is 0 Å². The molecular formula is C15H15N3O6S. The minimum atomic E-state index is -2.79. The van der Waals surface area contributed by atoms with Gasteiger partial charge in [-0.15, -0.1) is 0 Å². The van der Waals surface area contributed by atoms with Crippen LogP contribution in [0.5, 0.6) is 0 Å². The van der Waals surface area contributed by atoms with E-state index in [0.29, 0.717) is 23.7 Å². The fourth-order valence-electron chi connectivity index (χ4n) is 2.67. The van der Waals surface area contributed by atoms with Crippen LogP contribution in [0.15, 0.2) is 24.4 Å². The molecule has 0 aliphatic heterocycles. The number of fused-ring (bicyclic) bond motifs is 1. The number of primary amides is 1. The lowest BCUT2D eigenvalue weighted by Gasteiger charge is -2.11. The minimum absolute atomic E-state index is 0.0851. The van der Waals surface area contributed by atoms with Gasteiger partial charge in [-0.25, -0.2) is 8.42 Å². The van der Waals surface area contributed by atoms with Crippen LogP contribution in [0, 0.1) is 0 Å². The summed E-state index contributed by atoms with van der Waals surface area (Å²) in [6.07, 6.45) is 2.04. The standard InChI is InChI=1S/C15H15N3O6S/c16-13(21)10-6-18(7-12(19)20)11-2-1-8(5-9(10)11)14(22)17-15(3-4-15)25(23)24/h1-2,5-6,25H,3-4,7H2,(H2,16,21)(H,17,22)(H,19,20). The van der Waals surface area contributed by atoms with Crippen molar-refractivity contribution in [2.24, 2.45) is 5.73 Å². The Morgan fingerprint density at radius 1 is 1.28 bits per heavy atom. The van der Waals surface area contributed by atoms with Crippen LogP contribution in [-0.4, -0.2) is 40.7 Å². The van der Waals surface area contributed by atoms with Crippen molar-refractivity contribution in [3.63, 3.8) is 0 Å². The first-order valence-electron chi connectivity index (χ1n) is 7.35. The van der Waals surface area contributed by atoms with Gasteiger partial charge in [-0.05, 0) is 31.0 Å². The van der Waals surface area contributed by atoms with Crippen molar-refractivity contribution in [2.45, 2.75) is 24.3 Å². The Labute approximate surface area is 143 Å². The number of benzene rings is 1. The molecule has 132 valence electrons. The summed E-state index contributed by atoms with van der Waals surface area (Å²) < 4.78 is 23.8. The van der Waals surface area contributed by atoms with Crippen LogP contribution in [0.1, 0.15) is 33.6 Å². The predicted molar refractivity (Wildman–Crippen MR) is 87.8 cm³/mol. The molecule has 1 aromatic heterocycles. The van der Waals surface area contributed by atoms with Gasteiger partial charge in [0.05, 0.1) is 5.56 Å². The van der Waals surface area contributed by atoms with Crippen LogP contribution in [0.3, 0.4) is 0 Å². The highest BCUT2D eigenvalue weighted by molar-refractivity contribution is 7.74. The molecule has 25 heavy (non-hydrogen) atoms. The number of thiol groups is 1. The molecule has 0 spiro atoms. The van der Waals surface area contributed by atoms with Crippen molar-refractivity contribution in [1.82, 2.24) is 9.88 Å². The Kier molecular flexibility index (Phi) is 3.99. The normalized spacial score (nSPS) is 15.2. The van der Waals surface area contributed by atoms with Crippen LogP contribution in [0.25, 0.3) is 10.9 Å². The van der Waals surface area contributed by atoms with E-state index < -0.39 is 33.4 Å². The molecule has 3 rings (SSSR count). The maximum atomic E-state index is 12.3. The number of carboxylic acid groups (broad SMARTS) is 1. The summed E-state index contributed by atoms with van der Waals surface area (Å²) >= 11 is 0. The zero-order chi connectivity index (χ0) is 18.4. The van der Waals surface area contributed by atoms with E-state index in [2.05, 4.69) is 5.32 Å². The molecule has 0 radical (unpaired) electrons. The lowest BCUT2D eigenvalue weighted by atomic mass is 10.1. The van der Waals surface area contributed by atoms with Gasteiger partial charge in [0.1, 0.15) is 11.4 Å². The third kappa shape index (κ3) is 3.07. The highest BCUT2D eigenvalue weighted by atomic mass is 32.2. The number of hydrogen-bond acceptors (Lipinski definition) is 5. The molecule has 9 nitrogen and oxygen atoms in total. The number of aliphatic carboxylic acids is 1. The third-order valence-electron chi connectivity index (χ3n) is 4.13. The summed E-state index contributed by atoms with van der Waals surface area (Å²) in [6.45, 7) is -0.366. The molecule has 2 amide bonds. The number of carboxylic acids is 1. The number of nitrogens with zero attached hydrogens (tertiary/aromatic N) is 1. The first kappa shape index (κ1) is 17.0. The van der Waals surface area contributed by atoms with Crippen molar-refractivity contribution in [2.75, 3.05) is 0 Å². The lowest BCUT2D eigenvalue weighted by Crippen LogP contribution is -2.37. The average molecular weight is 365 g/mol. The zero-order valence-electron chi connectivity index (χ0n) is 12.9. The largest absolute Gasteiger partial charge is 0.480 e. The Balaban J connectivity index is 2.01. The second-order valence-corrected chi connectivity index (χ2v) is 7.27. The summed E-state index contributed by atoms with van der Waals surface area (Å²) in [5.74, 6) is -2.43. The fourth-order valence-corrected chi connectivity index (χ4v) is 3.34. The summed E-state index contributed by atoms with van der Waals surface area (Å²) in [4.78, 5) is 33.7. The number of nitrogens with one attached hydrogen (secondary N) is 1. The van der Waals surface area contributed by atoms with Gasteiger partial charge in [0.2, 0.25) is 0 Å². The number of carbonyl (C=O) groups is 3.